The molecule has 3 N–H and O–H groups in total. The van der Waals surface area contributed by atoms with Crippen LogP contribution >= 0.6 is 0 Å². The van der Waals surface area contributed by atoms with Crippen LogP contribution in [0.25, 0.3) is 0 Å². The van der Waals surface area contributed by atoms with Gasteiger partial charge in [-0.2, -0.15) is 0 Å². The van der Waals surface area contributed by atoms with E-state index in [1.807, 2.05) is 0 Å². The van der Waals surface area contributed by atoms with Crippen LogP contribution in [-0.4, -0.2) is 6.04 Å². The molecule has 0 bridgehead atoms. The molecule has 0 aromatic heterocycles. The van der Waals surface area contributed by atoms with Crippen LogP contribution in [0.3, 0.4) is 0 Å². The summed E-state index contributed by atoms with van der Waals surface area (Å²) in [5, 5.41) is 0. The highest BCUT2D eigenvalue weighted by molar-refractivity contribution is 4.83. The van der Waals surface area contributed by atoms with E-state index in [-0.39, 0.29) is 0 Å². The zero-order valence-corrected chi connectivity index (χ0v) is 12.6. The summed E-state index contributed by atoms with van der Waals surface area (Å²) in [6.45, 7) is 4.62. The van der Waals surface area contributed by atoms with Crippen molar-refractivity contribution in [3.8, 4) is 0 Å². The minimum atomic E-state index is 0.567. The standard InChI is InChI=1S/C16H34N2/c1-3-5-6-7-8-13-16(18-17)15-12-10-9-11-14(15)4-2/h14-16,18H,3-13,17H2,1-2H3. The van der Waals surface area contributed by atoms with E-state index in [1.165, 1.54) is 70.6 Å². The number of nitrogens with two attached hydrogens (primary N) is 1. The fraction of sp³-hybridized carbons (Fsp3) is 1.00. The topological polar surface area (TPSA) is 38.0 Å². The highest BCUT2D eigenvalue weighted by Gasteiger charge is 2.29. The molecule has 3 atom stereocenters. The first-order chi connectivity index (χ1) is 8.83. The molecule has 1 saturated carbocycles. The molecule has 1 aliphatic rings. The molecule has 0 amide bonds. The molecule has 1 aliphatic carbocycles. The maximum atomic E-state index is 5.81. The van der Waals surface area contributed by atoms with E-state index < -0.39 is 0 Å². The molecule has 0 spiro atoms. The van der Waals surface area contributed by atoms with Gasteiger partial charge in [-0.05, 0) is 24.7 Å². The SMILES string of the molecule is CCCCCCCC(NN)C1CCCCC1CC. The van der Waals surface area contributed by atoms with Gasteiger partial charge in [0.1, 0.15) is 0 Å². The third-order valence-electron chi connectivity index (χ3n) is 4.84. The van der Waals surface area contributed by atoms with E-state index in [0.29, 0.717) is 6.04 Å². The van der Waals surface area contributed by atoms with Gasteiger partial charge in [0, 0.05) is 6.04 Å². The van der Waals surface area contributed by atoms with Crippen LogP contribution in [0.1, 0.15) is 84.5 Å². The lowest BCUT2D eigenvalue weighted by atomic mass is 9.73. The van der Waals surface area contributed by atoms with E-state index in [4.69, 9.17) is 5.84 Å². The fourth-order valence-electron chi connectivity index (χ4n) is 3.66. The summed E-state index contributed by atoms with van der Waals surface area (Å²) in [4.78, 5) is 0. The summed E-state index contributed by atoms with van der Waals surface area (Å²) in [7, 11) is 0. The van der Waals surface area contributed by atoms with E-state index in [2.05, 4.69) is 19.3 Å². The fourth-order valence-corrected chi connectivity index (χ4v) is 3.66. The predicted molar refractivity (Wildman–Crippen MR) is 80.2 cm³/mol. The molecule has 3 unspecified atom stereocenters. The summed E-state index contributed by atoms with van der Waals surface area (Å²) >= 11 is 0. The summed E-state index contributed by atoms with van der Waals surface area (Å²) in [6, 6.07) is 0.567. The summed E-state index contributed by atoms with van der Waals surface area (Å²) in [5.41, 5.74) is 3.13. The van der Waals surface area contributed by atoms with Crippen molar-refractivity contribution in [1.82, 2.24) is 5.43 Å². The van der Waals surface area contributed by atoms with E-state index in [1.54, 1.807) is 0 Å². The third kappa shape index (κ3) is 5.27. The van der Waals surface area contributed by atoms with Crippen molar-refractivity contribution in [2.75, 3.05) is 0 Å². The molecule has 2 heteroatoms. The van der Waals surface area contributed by atoms with Crippen LogP contribution in [0.5, 0.6) is 0 Å². The molecule has 1 rings (SSSR count). The molecular weight excluding hydrogens is 220 g/mol. The molecule has 0 saturated heterocycles. The van der Waals surface area contributed by atoms with Gasteiger partial charge in [0.05, 0.1) is 0 Å². The maximum absolute atomic E-state index is 5.81. The number of hydrogen-bond acceptors (Lipinski definition) is 2. The molecule has 0 heterocycles. The second-order valence-electron chi connectivity index (χ2n) is 6.09. The minimum absolute atomic E-state index is 0.567. The highest BCUT2D eigenvalue weighted by atomic mass is 15.2. The van der Waals surface area contributed by atoms with Crippen molar-refractivity contribution in [2.45, 2.75) is 90.5 Å². The second-order valence-corrected chi connectivity index (χ2v) is 6.09. The van der Waals surface area contributed by atoms with Crippen LogP contribution in [0.2, 0.25) is 0 Å². The number of hydrazine groups is 1. The number of unbranched alkanes of at least 4 members (excludes halogenated alkanes) is 4. The highest BCUT2D eigenvalue weighted by Crippen LogP contribution is 2.35. The zero-order chi connectivity index (χ0) is 13.2. The summed E-state index contributed by atoms with van der Waals surface area (Å²) < 4.78 is 0. The van der Waals surface area contributed by atoms with E-state index in [9.17, 15) is 0 Å². The van der Waals surface area contributed by atoms with Crippen LogP contribution in [0, 0.1) is 11.8 Å². The molecular formula is C16H34N2. The first-order valence-corrected chi connectivity index (χ1v) is 8.29. The Morgan fingerprint density at radius 1 is 1.06 bits per heavy atom. The number of nitrogens with one attached hydrogen (secondary N) is 1. The van der Waals surface area contributed by atoms with Crippen molar-refractivity contribution in [3.63, 3.8) is 0 Å². The summed E-state index contributed by atoms with van der Waals surface area (Å²) in [6.07, 6.45) is 15.1. The molecule has 2 nitrogen and oxygen atoms in total. The lowest BCUT2D eigenvalue weighted by Crippen LogP contribution is -2.44. The maximum Gasteiger partial charge on any atom is 0.0241 e. The molecule has 0 radical (unpaired) electrons. The van der Waals surface area contributed by atoms with Crippen LogP contribution in [0.4, 0.5) is 0 Å². The van der Waals surface area contributed by atoms with Gasteiger partial charge in [0.25, 0.3) is 0 Å². The zero-order valence-electron chi connectivity index (χ0n) is 12.6. The van der Waals surface area contributed by atoms with Crippen molar-refractivity contribution in [3.05, 3.63) is 0 Å². The van der Waals surface area contributed by atoms with Gasteiger partial charge >= 0.3 is 0 Å². The quantitative estimate of drug-likeness (QED) is 0.364. The molecule has 18 heavy (non-hydrogen) atoms. The van der Waals surface area contributed by atoms with Gasteiger partial charge in [0.15, 0.2) is 0 Å². The Bertz CT molecular complexity index is 194. The van der Waals surface area contributed by atoms with Crippen molar-refractivity contribution >= 4 is 0 Å². The molecule has 0 aliphatic heterocycles. The Balaban J connectivity index is 2.29. The largest absolute Gasteiger partial charge is 0.271 e. The Labute approximate surface area is 114 Å². The van der Waals surface area contributed by atoms with Gasteiger partial charge in [-0.3, -0.25) is 11.3 Å². The summed E-state index contributed by atoms with van der Waals surface area (Å²) in [5.74, 6) is 7.56. The van der Waals surface area contributed by atoms with Gasteiger partial charge in [0.2, 0.25) is 0 Å². The van der Waals surface area contributed by atoms with Crippen molar-refractivity contribution in [2.24, 2.45) is 17.7 Å². The van der Waals surface area contributed by atoms with E-state index >= 15 is 0 Å². The average Bonchev–Trinajstić information content (AvgIpc) is 2.43. The third-order valence-corrected chi connectivity index (χ3v) is 4.84. The average molecular weight is 254 g/mol. The minimum Gasteiger partial charge on any atom is -0.271 e. The molecule has 0 aromatic carbocycles. The normalized spacial score (nSPS) is 26.2. The Morgan fingerprint density at radius 2 is 1.78 bits per heavy atom. The van der Waals surface area contributed by atoms with E-state index in [0.717, 1.165) is 11.8 Å². The van der Waals surface area contributed by atoms with Crippen LogP contribution in [-0.2, 0) is 0 Å². The first-order valence-electron chi connectivity index (χ1n) is 8.29. The molecule has 1 fully saturated rings. The van der Waals surface area contributed by atoms with Crippen molar-refractivity contribution in [1.29, 1.82) is 0 Å². The smallest absolute Gasteiger partial charge is 0.0241 e. The van der Waals surface area contributed by atoms with Gasteiger partial charge in [-0.1, -0.05) is 71.6 Å². The number of rotatable bonds is 9. The monoisotopic (exact) mass is 254 g/mol. The van der Waals surface area contributed by atoms with Gasteiger partial charge < -0.3 is 0 Å². The van der Waals surface area contributed by atoms with Gasteiger partial charge in [-0.15, -0.1) is 0 Å². The van der Waals surface area contributed by atoms with Crippen LogP contribution in [0.15, 0.2) is 0 Å². The van der Waals surface area contributed by atoms with Gasteiger partial charge in [-0.25, -0.2) is 0 Å². The second kappa shape index (κ2) is 9.80. The lowest BCUT2D eigenvalue weighted by molar-refractivity contribution is 0.167. The Kier molecular flexibility index (Phi) is 8.70. The number of hydrogen-bond donors (Lipinski definition) is 2. The molecule has 0 aromatic rings. The lowest BCUT2D eigenvalue weighted by Gasteiger charge is -2.36. The molecule has 108 valence electrons. The van der Waals surface area contributed by atoms with Crippen molar-refractivity contribution < 1.29 is 0 Å². The first kappa shape index (κ1) is 16.0. The predicted octanol–water partition coefficient (Wildman–Crippen LogP) is 4.40. The van der Waals surface area contributed by atoms with Crippen LogP contribution < -0.4 is 11.3 Å². The Hall–Kier alpha value is -0.0800. The Morgan fingerprint density at radius 3 is 2.44 bits per heavy atom.